The van der Waals surface area contributed by atoms with Crippen molar-refractivity contribution in [1.82, 2.24) is 4.98 Å². The van der Waals surface area contributed by atoms with Crippen molar-refractivity contribution in [2.45, 2.75) is 46.1 Å². The van der Waals surface area contributed by atoms with E-state index in [1.54, 1.807) is 27.7 Å². The van der Waals surface area contributed by atoms with Crippen LogP contribution in [0.5, 0.6) is 0 Å². The molecule has 126 valence electrons. The topological polar surface area (TPSA) is 85.5 Å². The quantitative estimate of drug-likeness (QED) is 0.474. The normalized spacial score (nSPS) is 11.0. The number of H-pyrrole nitrogens is 1. The standard InChI is InChI=1S/C17H23NO5/c1-6-9-22-14(20)8-7-12-11(2)15(18-13(12)10-19)16(21)23-17(3,4)5/h6,10,18H,1,7-9H2,2-5H3. The van der Waals surface area contributed by atoms with Crippen molar-refractivity contribution >= 4 is 18.2 Å². The average molecular weight is 321 g/mol. The van der Waals surface area contributed by atoms with Gasteiger partial charge in [0, 0.05) is 6.42 Å². The van der Waals surface area contributed by atoms with Crippen molar-refractivity contribution in [3.63, 3.8) is 0 Å². The van der Waals surface area contributed by atoms with Crippen LogP contribution in [-0.2, 0) is 20.7 Å². The molecule has 0 aliphatic heterocycles. The monoisotopic (exact) mass is 321 g/mol. The van der Waals surface area contributed by atoms with Crippen LogP contribution < -0.4 is 0 Å². The molecule has 0 aliphatic carbocycles. The van der Waals surface area contributed by atoms with Gasteiger partial charge in [0.25, 0.3) is 0 Å². The predicted molar refractivity (Wildman–Crippen MR) is 85.6 cm³/mol. The lowest BCUT2D eigenvalue weighted by molar-refractivity contribution is -0.142. The van der Waals surface area contributed by atoms with Crippen LogP contribution in [0.2, 0.25) is 0 Å². The molecule has 0 amide bonds. The number of esters is 2. The molecular formula is C17H23NO5. The molecule has 6 nitrogen and oxygen atoms in total. The third kappa shape index (κ3) is 5.39. The SMILES string of the molecule is C=CCOC(=O)CCc1c(C=O)[nH]c(C(=O)OC(C)(C)C)c1C. The van der Waals surface area contributed by atoms with Crippen LogP contribution in [0.25, 0.3) is 0 Å². The molecule has 0 radical (unpaired) electrons. The highest BCUT2D eigenvalue weighted by Gasteiger charge is 2.24. The smallest absolute Gasteiger partial charge is 0.355 e. The van der Waals surface area contributed by atoms with Crippen molar-refractivity contribution in [1.29, 1.82) is 0 Å². The Balaban J connectivity index is 2.92. The van der Waals surface area contributed by atoms with Gasteiger partial charge in [-0.1, -0.05) is 12.7 Å². The summed E-state index contributed by atoms with van der Waals surface area (Å²) in [4.78, 5) is 37.7. The summed E-state index contributed by atoms with van der Waals surface area (Å²) >= 11 is 0. The number of aldehydes is 1. The van der Waals surface area contributed by atoms with E-state index in [9.17, 15) is 14.4 Å². The highest BCUT2D eigenvalue weighted by molar-refractivity contribution is 5.92. The van der Waals surface area contributed by atoms with E-state index in [0.717, 1.165) is 0 Å². The van der Waals surface area contributed by atoms with Crippen molar-refractivity contribution in [3.8, 4) is 0 Å². The number of rotatable bonds is 7. The molecule has 1 heterocycles. The Morgan fingerprint density at radius 1 is 1.30 bits per heavy atom. The van der Waals surface area contributed by atoms with Gasteiger partial charge in [0.1, 0.15) is 17.9 Å². The first kappa shape index (κ1) is 18.7. The minimum atomic E-state index is -0.634. The van der Waals surface area contributed by atoms with E-state index in [-0.39, 0.29) is 30.4 Å². The summed E-state index contributed by atoms with van der Waals surface area (Å²) in [5, 5.41) is 0. The van der Waals surface area contributed by atoms with Crippen LogP contribution in [0.3, 0.4) is 0 Å². The van der Waals surface area contributed by atoms with Gasteiger partial charge in [-0.25, -0.2) is 4.79 Å². The summed E-state index contributed by atoms with van der Waals surface area (Å²) in [6, 6.07) is 0. The van der Waals surface area contributed by atoms with E-state index < -0.39 is 11.6 Å². The molecule has 1 N–H and O–H groups in total. The minimum Gasteiger partial charge on any atom is -0.461 e. The Hall–Kier alpha value is -2.37. The first-order valence-electron chi connectivity index (χ1n) is 7.36. The van der Waals surface area contributed by atoms with Crippen molar-refractivity contribution in [3.05, 3.63) is 35.2 Å². The van der Waals surface area contributed by atoms with E-state index >= 15 is 0 Å². The fourth-order valence-corrected chi connectivity index (χ4v) is 2.06. The lowest BCUT2D eigenvalue weighted by atomic mass is 10.0. The highest BCUT2D eigenvalue weighted by Crippen LogP contribution is 2.22. The Kier molecular flexibility index (Phi) is 6.30. The Morgan fingerprint density at radius 3 is 2.48 bits per heavy atom. The van der Waals surface area contributed by atoms with Gasteiger partial charge in [-0.15, -0.1) is 0 Å². The molecule has 0 unspecified atom stereocenters. The average Bonchev–Trinajstić information content (AvgIpc) is 2.77. The second-order valence-corrected chi connectivity index (χ2v) is 6.11. The number of hydrogen-bond donors (Lipinski definition) is 1. The first-order chi connectivity index (χ1) is 10.7. The molecule has 0 aliphatic rings. The maximum absolute atomic E-state index is 12.2. The van der Waals surface area contributed by atoms with Crippen LogP contribution >= 0.6 is 0 Å². The van der Waals surface area contributed by atoms with Gasteiger partial charge in [0.15, 0.2) is 6.29 Å². The zero-order valence-electron chi connectivity index (χ0n) is 14.0. The van der Waals surface area contributed by atoms with Crippen LogP contribution in [0.4, 0.5) is 0 Å². The second-order valence-electron chi connectivity index (χ2n) is 6.11. The van der Waals surface area contributed by atoms with Gasteiger partial charge in [0.05, 0.1) is 5.69 Å². The molecule has 0 atom stereocenters. The summed E-state index contributed by atoms with van der Waals surface area (Å²) in [5.74, 6) is -0.917. The van der Waals surface area contributed by atoms with Gasteiger partial charge in [-0.05, 0) is 45.2 Å². The van der Waals surface area contributed by atoms with Gasteiger partial charge in [0.2, 0.25) is 0 Å². The number of ether oxygens (including phenoxy) is 2. The molecule has 0 fully saturated rings. The summed E-state index contributed by atoms with van der Waals surface area (Å²) < 4.78 is 10.2. The number of aromatic nitrogens is 1. The van der Waals surface area contributed by atoms with Gasteiger partial charge >= 0.3 is 11.9 Å². The van der Waals surface area contributed by atoms with Crippen LogP contribution in [-0.4, -0.2) is 35.4 Å². The molecule has 0 bridgehead atoms. The summed E-state index contributed by atoms with van der Waals surface area (Å²) in [6.07, 6.45) is 2.53. The van der Waals surface area contributed by atoms with E-state index in [1.807, 2.05) is 0 Å². The van der Waals surface area contributed by atoms with Crippen LogP contribution in [0.1, 0.15) is 59.3 Å². The van der Waals surface area contributed by atoms with Crippen molar-refractivity contribution in [2.75, 3.05) is 6.61 Å². The van der Waals surface area contributed by atoms with Gasteiger partial charge < -0.3 is 14.5 Å². The molecule has 23 heavy (non-hydrogen) atoms. The number of carbonyl (C=O) groups excluding carboxylic acids is 3. The molecule has 6 heteroatoms. The largest absolute Gasteiger partial charge is 0.461 e. The number of aromatic amines is 1. The van der Waals surface area contributed by atoms with E-state index in [0.29, 0.717) is 23.8 Å². The molecule has 0 saturated carbocycles. The van der Waals surface area contributed by atoms with Crippen molar-refractivity contribution < 1.29 is 23.9 Å². The Labute approximate surface area is 135 Å². The molecule has 0 aromatic carbocycles. The van der Waals surface area contributed by atoms with Crippen molar-refractivity contribution in [2.24, 2.45) is 0 Å². The number of hydrogen-bond acceptors (Lipinski definition) is 5. The third-order valence-corrected chi connectivity index (χ3v) is 3.07. The van der Waals surface area contributed by atoms with Crippen LogP contribution in [0, 0.1) is 6.92 Å². The maximum atomic E-state index is 12.2. The Bertz CT molecular complexity index is 607. The zero-order chi connectivity index (χ0) is 17.6. The third-order valence-electron chi connectivity index (χ3n) is 3.07. The number of carbonyl (C=O) groups is 3. The van der Waals surface area contributed by atoms with E-state index in [4.69, 9.17) is 9.47 Å². The van der Waals surface area contributed by atoms with E-state index in [1.165, 1.54) is 6.08 Å². The minimum absolute atomic E-state index is 0.112. The molecule has 1 aromatic heterocycles. The molecule has 0 spiro atoms. The summed E-state index contributed by atoms with van der Waals surface area (Å²) in [7, 11) is 0. The second kappa shape index (κ2) is 7.76. The zero-order valence-corrected chi connectivity index (χ0v) is 14.0. The summed E-state index contributed by atoms with van der Waals surface area (Å²) in [6.45, 7) is 10.6. The van der Waals surface area contributed by atoms with Crippen LogP contribution in [0.15, 0.2) is 12.7 Å². The fourth-order valence-electron chi connectivity index (χ4n) is 2.06. The Morgan fingerprint density at radius 2 is 1.96 bits per heavy atom. The lowest BCUT2D eigenvalue weighted by Gasteiger charge is -2.19. The lowest BCUT2D eigenvalue weighted by Crippen LogP contribution is -2.24. The summed E-state index contributed by atoms with van der Waals surface area (Å²) in [5.41, 5.74) is 1.11. The molecule has 1 rings (SSSR count). The highest BCUT2D eigenvalue weighted by atomic mass is 16.6. The fraction of sp³-hybridized carbons (Fsp3) is 0.471. The van der Waals surface area contributed by atoms with E-state index in [2.05, 4.69) is 11.6 Å². The molecular weight excluding hydrogens is 298 g/mol. The van der Waals surface area contributed by atoms with Gasteiger partial charge in [-0.2, -0.15) is 0 Å². The number of nitrogens with one attached hydrogen (secondary N) is 1. The maximum Gasteiger partial charge on any atom is 0.355 e. The molecule has 0 saturated heterocycles. The molecule has 1 aromatic rings. The first-order valence-corrected chi connectivity index (χ1v) is 7.36. The van der Waals surface area contributed by atoms with Gasteiger partial charge in [-0.3, -0.25) is 9.59 Å². The predicted octanol–water partition coefficient (Wildman–Crippen LogP) is 2.75.